The molecular weight excluding hydrogens is 373 g/mol. The topological polar surface area (TPSA) is 66.6 Å². The second-order valence-electron chi connectivity index (χ2n) is 8.15. The Morgan fingerprint density at radius 3 is 2.46 bits per heavy atom. The van der Waals surface area contributed by atoms with Crippen LogP contribution in [0.15, 0.2) is 12.1 Å². The van der Waals surface area contributed by atoms with Crippen LogP contribution in [0.5, 0.6) is 0 Å². The zero-order valence-corrected chi connectivity index (χ0v) is 15.9. The number of amides is 1. The van der Waals surface area contributed by atoms with Crippen LogP contribution in [0.1, 0.15) is 45.4 Å². The normalized spacial score (nSPS) is 20.9. The molecule has 0 atom stereocenters. The van der Waals surface area contributed by atoms with E-state index < -0.39 is 12.0 Å². The molecule has 2 aromatic heterocycles. The molecule has 0 radical (unpaired) electrons. The number of alkyl halides is 3. The number of hydrogen-bond donors (Lipinski definition) is 0. The molecule has 4 rings (SSSR count). The predicted octanol–water partition coefficient (Wildman–Crippen LogP) is 2.76. The first-order valence-corrected chi connectivity index (χ1v) is 9.53. The summed E-state index contributed by atoms with van der Waals surface area (Å²) in [6.07, 6.45) is -1.24. The minimum absolute atomic E-state index is 0.0435. The van der Waals surface area contributed by atoms with E-state index in [9.17, 15) is 18.0 Å². The van der Waals surface area contributed by atoms with E-state index in [1.54, 1.807) is 6.07 Å². The van der Waals surface area contributed by atoms with Crippen molar-refractivity contribution in [2.24, 2.45) is 5.92 Å². The largest absolute Gasteiger partial charge is 0.453 e. The van der Waals surface area contributed by atoms with Gasteiger partial charge in [0, 0.05) is 31.1 Å². The van der Waals surface area contributed by atoms with Crippen LogP contribution >= 0.6 is 0 Å². The van der Waals surface area contributed by atoms with Crippen LogP contribution in [0.3, 0.4) is 0 Å². The van der Waals surface area contributed by atoms with Gasteiger partial charge in [-0.3, -0.25) is 4.79 Å². The number of likely N-dealkylation sites (tertiary alicyclic amines) is 1. The number of hydrogen-bond acceptors (Lipinski definition) is 5. The van der Waals surface area contributed by atoms with Crippen molar-refractivity contribution in [3.8, 4) is 0 Å². The van der Waals surface area contributed by atoms with E-state index in [4.69, 9.17) is 0 Å². The van der Waals surface area contributed by atoms with Crippen molar-refractivity contribution in [1.29, 1.82) is 0 Å². The molecule has 0 spiro atoms. The molecular formula is C18H23F3N6O. The van der Waals surface area contributed by atoms with Crippen molar-refractivity contribution in [3.05, 3.63) is 18.0 Å². The van der Waals surface area contributed by atoms with Crippen LogP contribution in [0.25, 0.3) is 5.65 Å². The summed E-state index contributed by atoms with van der Waals surface area (Å²) in [4.78, 5) is 16.8. The first kappa shape index (κ1) is 18.9. The summed E-state index contributed by atoms with van der Waals surface area (Å²) in [5.74, 6) is -0.544. The first-order valence-electron chi connectivity index (χ1n) is 9.53. The van der Waals surface area contributed by atoms with E-state index in [0.29, 0.717) is 31.7 Å². The molecule has 0 N–H and O–H groups in total. The van der Waals surface area contributed by atoms with Crippen molar-refractivity contribution < 1.29 is 18.0 Å². The number of rotatable bonds is 2. The van der Waals surface area contributed by atoms with Gasteiger partial charge in [0.05, 0.1) is 0 Å². The molecule has 0 saturated carbocycles. The van der Waals surface area contributed by atoms with E-state index in [1.807, 2.05) is 9.80 Å². The van der Waals surface area contributed by atoms with E-state index in [0.717, 1.165) is 23.9 Å². The van der Waals surface area contributed by atoms with Crippen LogP contribution in [-0.2, 0) is 11.0 Å². The smallest absolute Gasteiger partial charge is 0.355 e. The highest BCUT2D eigenvalue weighted by Crippen LogP contribution is 2.33. The van der Waals surface area contributed by atoms with Gasteiger partial charge in [-0.15, -0.1) is 15.3 Å². The van der Waals surface area contributed by atoms with Gasteiger partial charge >= 0.3 is 6.18 Å². The third kappa shape index (κ3) is 3.29. The fourth-order valence-electron chi connectivity index (χ4n) is 4.22. The van der Waals surface area contributed by atoms with Crippen molar-refractivity contribution in [2.75, 3.05) is 24.5 Å². The molecule has 7 nitrogen and oxygen atoms in total. The van der Waals surface area contributed by atoms with Crippen LogP contribution in [-0.4, -0.2) is 55.8 Å². The standard InChI is InChI=1S/C18H23F3N6O/c1-17(2)8-3-9-26(17)15(28)12-6-10-25(11-7-12)14-5-4-13-22-23-16(18(19,20)21)27(13)24-14/h4-5,12H,3,6-11H2,1-2H3. The summed E-state index contributed by atoms with van der Waals surface area (Å²) in [6, 6.07) is 3.13. The number of anilines is 1. The van der Waals surface area contributed by atoms with Gasteiger partial charge < -0.3 is 9.80 Å². The lowest BCUT2D eigenvalue weighted by molar-refractivity contribution is -0.146. The van der Waals surface area contributed by atoms with Gasteiger partial charge in [-0.1, -0.05) is 0 Å². The molecule has 2 fully saturated rings. The highest BCUT2D eigenvalue weighted by atomic mass is 19.4. The second-order valence-corrected chi connectivity index (χ2v) is 8.15. The molecule has 4 heterocycles. The van der Waals surface area contributed by atoms with Crippen LogP contribution < -0.4 is 4.90 Å². The Hall–Kier alpha value is -2.39. The maximum atomic E-state index is 13.1. The highest BCUT2D eigenvalue weighted by molar-refractivity contribution is 5.80. The van der Waals surface area contributed by atoms with Crippen LogP contribution in [0.2, 0.25) is 0 Å². The van der Waals surface area contributed by atoms with Crippen molar-refractivity contribution in [1.82, 2.24) is 24.7 Å². The Bertz CT molecular complexity index is 885. The summed E-state index contributed by atoms with van der Waals surface area (Å²) in [5, 5.41) is 10.8. The summed E-state index contributed by atoms with van der Waals surface area (Å²) in [7, 11) is 0. The van der Waals surface area contributed by atoms with Gasteiger partial charge in [0.1, 0.15) is 5.82 Å². The maximum absolute atomic E-state index is 13.1. The molecule has 10 heteroatoms. The number of fused-ring (bicyclic) bond motifs is 1. The van der Waals surface area contributed by atoms with Crippen LogP contribution in [0, 0.1) is 5.92 Å². The SMILES string of the molecule is CC1(C)CCCN1C(=O)C1CCN(c2ccc3nnc(C(F)(F)F)n3n2)CC1. The average molecular weight is 396 g/mol. The van der Waals surface area contributed by atoms with Gasteiger partial charge in [0.2, 0.25) is 5.91 Å². The Morgan fingerprint density at radius 2 is 1.86 bits per heavy atom. The molecule has 0 unspecified atom stereocenters. The number of halogens is 3. The highest BCUT2D eigenvalue weighted by Gasteiger charge is 2.40. The summed E-state index contributed by atoms with van der Waals surface area (Å²) >= 11 is 0. The summed E-state index contributed by atoms with van der Waals surface area (Å²) < 4.78 is 39.9. The molecule has 28 heavy (non-hydrogen) atoms. The Morgan fingerprint density at radius 1 is 1.14 bits per heavy atom. The predicted molar refractivity (Wildman–Crippen MR) is 95.7 cm³/mol. The molecule has 0 aromatic carbocycles. The van der Waals surface area contributed by atoms with E-state index >= 15 is 0 Å². The fraction of sp³-hybridized carbons (Fsp3) is 0.667. The quantitative estimate of drug-likeness (QED) is 0.781. The lowest BCUT2D eigenvalue weighted by Crippen LogP contribution is -2.48. The third-order valence-electron chi connectivity index (χ3n) is 5.84. The number of piperidine rings is 1. The van der Waals surface area contributed by atoms with E-state index in [-0.39, 0.29) is 23.0 Å². The minimum atomic E-state index is -4.62. The van der Waals surface area contributed by atoms with Gasteiger partial charge in [-0.2, -0.15) is 17.7 Å². The van der Waals surface area contributed by atoms with E-state index in [2.05, 4.69) is 29.1 Å². The van der Waals surface area contributed by atoms with Gasteiger partial charge in [-0.25, -0.2) is 0 Å². The van der Waals surface area contributed by atoms with Crippen molar-refractivity contribution in [2.45, 2.75) is 51.2 Å². The fourth-order valence-corrected chi connectivity index (χ4v) is 4.22. The molecule has 2 saturated heterocycles. The lowest BCUT2D eigenvalue weighted by Gasteiger charge is -2.38. The Labute approximate surface area is 160 Å². The molecule has 0 bridgehead atoms. The number of carbonyl (C=O) groups excluding carboxylic acids is 1. The molecule has 2 aliphatic heterocycles. The third-order valence-corrected chi connectivity index (χ3v) is 5.84. The number of nitrogens with zero attached hydrogens (tertiary/aromatic N) is 6. The zero-order valence-electron chi connectivity index (χ0n) is 15.9. The molecule has 1 amide bonds. The summed E-state index contributed by atoms with van der Waals surface area (Å²) in [5.41, 5.74) is -0.0409. The number of aromatic nitrogens is 4. The van der Waals surface area contributed by atoms with Gasteiger partial charge in [0.25, 0.3) is 5.82 Å². The average Bonchev–Trinajstić information content (AvgIpc) is 3.23. The lowest BCUT2D eigenvalue weighted by atomic mass is 9.93. The van der Waals surface area contributed by atoms with Gasteiger partial charge in [0.15, 0.2) is 5.65 Å². The second kappa shape index (κ2) is 6.59. The van der Waals surface area contributed by atoms with Crippen molar-refractivity contribution >= 4 is 17.4 Å². The van der Waals surface area contributed by atoms with Crippen molar-refractivity contribution in [3.63, 3.8) is 0 Å². The Balaban J connectivity index is 1.47. The first-order chi connectivity index (χ1) is 13.2. The molecule has 0 aliphatic carbocycles. The minimum Gasteiger partial charge on any atom is -0.355 e. The monoisotopic (exact) mass is 396 g/mol. The maximum Gasteiger partial charge on any atom is 0.453 e. The van der Waals surface area contributed by atoms with Crippen LogP contribution in [0.4, 0.5) is 19.0 Å². The molecule has 2 aromatic rings. The zero-order chi connectivity index (χ0) is 20.1. The molecule has 152 valence electrons. The van der Waals surface area contributed by atoms with E-state index in [1.165, 1.54) is 6.07 Å². The van der Waals surface area contributed by atoms with Gasteiger partial charge in [-0.05, 0) is 51.7 Å². The molecule has 2 aliphatic rings. The number of carbonyl (C=O) groups is 1. The Kier molecular flexibility index (Phi) is 4.46. The summed E-state index contributed by atoms with van der Waals surface area (Å²) in [6.45, 7) is 6.16.